The molecule has 9 heteroatoms. The van der Waals surface area contributed by atoms with Crippen molar-refractivity contribution in [1.82, 2.24) is 0 Å². The van der Waals surface area contributed by atoms with E-state index in [2.05, 4.69) is 0 Å². The third kappa shape index (κ3) is 3.72. The highest BCUT2D eigenvalue weighted by Gasteiger charge is 2.27. The number of aromatic carboxylic acids is 1. The van der Waals surface area contributed by atoms with Crippen LogP contribution < -0.4 is 4.18 Å². The summed E-state index contributed by atoms with van der Waals surface area (Å²) < 4.78 is 29.5. The summed E-state index contributed by atoms with van der Waals surface area (Å²) in [6.07, 6.45) is 0. The van der Waals surface area contributed by atoms with Gasteiger partial charge in [-0.25, -0.2) is 4.79 Å². The molecule has 0 radical (unpaired) electrons. The Kier molecular flexibility index (Phi) is 5.10. The zero-order valence-electron chi connectivity index (χ0n) is 11.5. The highest BCUT2D eigenvalue weighted by atomic mass is 35.5. The van der Waals surface area contributed by atoms with Crippen LogP contribution in [0.2, 0.25) is 15.1 Å². The summed E-state index contributed by atoms with van der Waals surface area (Å²) in [7, 11) is -4.29. The smallest absolute Gasteiger partial charge is 0.341 e. The van der Waals surface area contributed by atoms with Gasteiger partial charge in [-0.2, -0.15) is 8.42 Å². The molecule has 0 unspecified atom stereocenters. The van der Waals surface area contributed by atoms with Gasteiger partial charge in [-0.15, -0.1) is 0 Å². The van der Waals surface area contributed by atoms with Crippen molar-refractivity contribution in [3.05, 3.63) is 56.5 Å². The van der Waals surface area contributed by atoms with Crippen molar-refractivity contribution in [1.29, 1.82) is 0 Å². The lowest BCUT2D eigenvalue weighted by Crippen LogP contribution is -2.13. The molecule has 2 rings (SSSR count). The molecule has 0 aliphatic carbocycles. The van der Waals surface area contributed by atoms with Gasteiger partial charge >= 0.3 is 16.1 Å². The summed E-state index contributed by atoms with van der Waals surface area (Å²) in [5.41, 5.74) is 0.225. The molecule has 0 bridgehead atoms. The number of halogens is 3. The first-order valence-corrected chi connectivity index (χ1v) is 8.59. The van der Waals surface area contributed by atoms with Crippen LogP contribution in [0.15, 0.2) is 35.2 Å². The molecule has 0 saturated carbocycles. The fraction of sp³-hybridized carbons (Fsp3) is 0.0714. The second-order valence-corrected chi connectivity index (χ2v) is 7.25. The van der Waals surface area contributed by atoms with Crippen molar-refractivity contribution < 1.29 is 22.5 Å². The van der Waals surface area contributed by atoms with E-state index < -0.39 is 27.4 Å². The van der Waals surface area contributed by atoms with E-state index in [4.69, 9.17) is 39.0 Å². The fourth-order valence-corrected chi connectivity index (χ4v) is 3.44. The van der Waals surface area contributed by atoms with Crippen LogP contribution in [0.5, 0.6) is 5.75 Å². The number of rotatable bonds is 4. The summed E-state index contributed by atoms with van der Waals surface area (Å²) in [4.78, 5) is 11.2. The topological polar surface area (TPSA) is 80.7 Å². The molecule has 2 aromatic rings. The van der Waals surface area contributed by atoms with Gasteiger partial charge in [0.1, 0.15) is 10.5 Å². The van der Waals surface area contributed by atoms with Gasteiger partial charge in [0.2, 0.25) is 0 Å². The monoisotopic (exact) mass is 394 g/mol. The van der Waals surface area contributed by atoms with Crippen molar-refractivity contribution in [2.24, 2.45) is 0 Å². The van der Waals surface area contributed by atoms with E-state index in [1.54, 1.807) is 19.1 Å². The van der Waals surface area contributed by atoms with Gasteiger partial charge in [-0.05, 0) is 25.1 Å². The zero-order chi connectivity index (χ0) is 17.4. The maximum absolute atomic E-state index is 12.3. The Balaban J connectivity index is 2.57. The second kappa shape index (κ2) is 6.57. The Bertz CT molecular complexity index is 876. The van der Waals surface area contributed by atoms with E-state index >= 15 is 0 Å². The third-order valence-corrected chi connectivity index (χ3v) is 5.15. The van der Waals surface area contributed by atoms with Crippen LogP contribution in [0.1, 0.15) is 15.9 Å². The lowest BCUT2D eigenvalue weighted by molar-refractivity contribution is 0.0695. The quantitative estimate of drug-likeness (QED) is 0.612. The van der Waals surface area contributed by atoms with Gasteiger partial charge in [-0.1, -0.05) is 52.5 Å². The van der Waals surface area contributed by atoms with E-state index in [1.807, 2.05) is 0 Å². The molecule has 23 heavy (non-hydrogen) atoms. The number of hydrogen-bond acceptors (Lipinski definition) is 4. The maximum Gasteiger partial charge on any atom is 0.341 e. The van der Waals surface area contributed by atoms with E-state index in [0.29, 0.717) is 0 Å². The minimum atomic E-state index is -4.29. The predicted octanol–water partition coefficient (Wildman–Crippen LogP) is 4.42. The molecular weight excluding hydrogens is 387 g/mol. The van der Waals surface area contributed by atoms with Crippen molar-refractivity contribution in [3.63, 3.8) is 0 Å². The van der Waals surface area contributed by atoms with Gasteiger partial charge < -0.3 is 9.29 Å². The van der Waals surface area contributed by atoms with Crippen LogP contribution in [0.4, 0.5) is 0 Å². The molecule has 0 aliphatic heterocycles. The molecule has 0 aromatic heterocycles. The first-order chi connectivity index (χ1) is 10.6. The Labute approximate surface area is 147 Å². The molecule has 0 spiro atoms. The molecular formula is C14H9Cl3O5S. The van der Waals surface area contributed by atoms with Crippen LogP contribution in [-0.2, 0) is 10.1 Å². The summed E-state index contributed by atoms with van der Waals surface area (Å²) in [5, 5.41) is 8.44. The maximum atomic E-state index is 12.3. The minimum absolute atomic E-state index is 0.130. The van der Waals surface area contributed by atoms with Crippen molar-refractivity contribution in [2.75, 3.05) is 0 Å². The first kappa shape index (κ1) is 17.9. The lowest BCUT2D eigenvalue weighted by Gasteiger charge is -2.13. The number of carboxylic acid groups (broad SMARTS) is 1. The summed E-state index contributed by atoms with van der Waals surface area (Å²) >= 11 is 17.4. The zero-order valence-corrected chi connectivity index (χ0v) is 14.6. The normalized spacial score (nSPS) is 11.3. The third-order valence-electron chi connectivity index (χ3n) is 2.84. The van der Waals surface area contributed by atoms with Crippen LogP contribution >= 0.6 is 34.8 Å². The predicted molar refractivity (Wildman–Crippen MR) is 87.4 cm³/mol. The Morgan fingerprint density at radius 3 is 2.17 bits per heavy atom. The molecule has 1 N–H and O–H groups in total. The van der Waals surface area contributed by atoms with Crippen molar-refractivity contribution in [2.45, 2.75) is 11.8 Å². The summed E-state index contributed by atoms with van der Waals surface area (Å²) in [6.45, 7) is 1.79. The number of carbonyl (C=O) groups is 1. The van der Waals surface area contributed by atoms with Crippen molar-refractivity contribution in [3.8, 4) is 5.75 Å². The Morgan fingerprint density at radius 2 is 1.65 bits per heavy atom. The van der Waals surface area contributed by atoms with Crippen molar-refractivity contribution >= 4 is 50.9 Å². The van der Waals surface area contributed by atoms with Gasteiger partial charge in [-0.3, -0.25) is 0 Å². The van der Waals surface area contributed by atoms with E-state index in [1.165, 1.54) is 12.1 Å². The highest BCUT2D eigenvalue weighted by Crippen LogP contribution is 2.40. The molecule has 2 aromatic carbocycles. The molecule has 0 atom stereocenters. The van der Waals surface area contributed by atoms with Gasteiger partial charge in [0.15, 0.2) is 5.75 Å². The average Bonchev–Trinajstić information content (AvgIpc) is 2.44. The van der Waals surface area contributed by atoms with Crippen LogP contribution in [-0.4, -0.2) is 19.5 Å². The average molecular weight is 396 g/mol. The first-order valence-electron chi connectivity index (χ1n) is 6.05. The second-order valence-electron chi connectivity index (χ2n) is 4.51. The summed E-state index contributed by atoms with van der Waals surface area (Å²) in [6, 6.07) is 6.92. The van der Waals surface area contributed by atoms with Crippen LogP contribution in [0.25, 0.3) is 0 Å². The molecule has 122 valence electrons. The van der Waals surface area contributed by atoms with E-state index in [9.17, 15) is 18.3 Å². The number of carboxylic acids is 1. The van der Waals surface area contributed by atoms with Gasteiger partial charge in [0.25, 0.3) is 0 Å². The number of hydrogen-bond donors (Lipinski definition) is 1. The molecule has 5 nitrogen and oxygen atoms in total. The fourth-order valence-electron chi connectivity index (χ4n) is 1.71. The summed E-state index contributed by atoms with van der Waals surface area (Å²) in [5.74, 6) is -2.11. The molecule has 0 fully saturated rings. The SMILES string of the molecule is Cc1ccc(S(=O)(=O)Oc2c(Cl)cc(Cl)c(Cl)c2C(=O)O)cc1. The van der Waals surface area contributed by atoms with Gasteiger partial charge in [0, 0.05) is 0 Å². The Morgan fingerprint density at radius 1 is 1.09 bits per heavy atom. The minimum Gasteiger partial charge on any atom is -0.477 e. The Hall–Kier alpha value is -1.47. The van der Waals surface area contributed by atoms with Crippen LogP contribution in [0.3, 0.4) is 0 Å². The standard InChI is InChI=1S/C14H9Cl3O5S/c1-7-2-4-8(5-3-7)23(20,21)22-13-10(16)6-9(15)12(17)11(13)14(18)19/h2-6H,1H3,(H,18,19). The molecule has 0 aliphatic rings. The number of benzene rings is 2. The van der Waals surface area contributed by atoms with E-state index in [-0.39, 0.29) is 20.0 Å². The molecule has 0 heterocycles. The lowest BCUT2D eigenvalue weighted by atomic mass is 10.2. The highest BCUT2D eigenvalue weighted by molar-refractivity contribution is 7.87. The van der Waals surface area contributed by atoms with E-state index in [0.717, 1.165) is 11.6 Å². The van der Waals surface area contributed by atoms with Gasteiger partial charge in [0.05, 0.1) is 15.1 Å². The number of aryl methyl sites for hydroxylation is 1. The molecule has 0 saturated heterocycles. The largest absolute Gasteiger partial charge is 0.477 e. The van der Waals surface area contributed by atoms with Crippen LogP contribution in [0, 0.1) is 6.92 Å². The molecule has 0 amide bonds.